The molecule has 6 heteroatoms. The minimum absolute atomic E-state index is 0.0618. The Labute approximate surface area is 126 Å². The Balaban J connectivity index is 3.26. The third kappa shape index (κ3) is 5.06. The van der Waals surface area contributed by atoms with E-state index >= 15 is 0 Å². The van der Waals surface area contributed by atoms with E-state index in [0.717, 1.165) is 0 Å². The first-order valence-electron chi connectivity index (χ1n) is 7.05. The smallest absolute Gasteiger partial charge is 0.428 e. The molecule has 0 atom stereocenters. The van der Waals surface area contributed by atoms with Crippen LogP contribution in [-0.2, 0) is 14.0 Å². The number of rotatable bonds is 7. The van der Waals surface area contributed by atoms with E-state index in [2.05, 4.69) is 4.98 Å². The minimum atomic E-state index is -2.13. The van der Waals surface area contributed by atoms with Crippen LogP contribution in [0.25, 0.3) is 0 Å². The van der Waals surface area contributed by atoms with Crippen molar-refractivity contribution < 1.29 is 14.0 Å². The summed E-state index contributed by atoms with van der Waals surface area (Å²) in [5, 5.41) is 0.390. The monoisotopic (exact) mass is 300 g/mol. The van der Waals surface area contributed by atoms with Gasteiger partial charge in [0, 0.05) is 18.3 Å². The van der Waals surface area contributed by atoms with Crippen LogP contribution in [0.3, 0.4) is 0 Å². The van der Waals surface area contributed by atoms with Gasteiger partial charge in [-0.25, -0.2) is 0 Å². The fourth-order valence-electron chi connectivity index (χ4n) is 2.00. The van der Waals surface area contributed by atoms with Crippen molar-refractivity contribution in [1.29, 1.82) is 0 Å². The molecular formula is C14H24BClNO3-. The van der Waals surface area contributed by atoms with Crippen LogP contribution in [0.2, 0.25) is 5.15 Å². The van der Waals surface area contributed by atoms with Gasteiger partial charge in [-0.1, -0.05) is 23.7 Å². The molecule has 0 spiro atoms. The molecule has 0 bridgehead atoms. The standard InChI is InChI=1S/C14H24BClNO3/c1-10(2)18-15(19-11(3)4,20-12(5)6)13-8-7-9-14(16)17-13/h7-12H,1-6H3/q-1. The molecule has 4 nitrogen and oxygen atoms in total. The number of nitrogens with zero attached hydrogens (tertiary/aromatic N) is 1. The molecule has 20 heavy (non-hydrogen) atoms. The van der Waals surface area contributed by atoms with Crippen LogP contribution >= 0.6 is 11.6 Å². The molecule has 114 valence electrons. The Morgan fingerprint density at radius 2 is 1.35 bits per heavy atom. The van der Waals surface area contributed by atoms with Gasteiger partial charge in [0.2, 0.25) is 0 Å². The Bertz CT molecular complexity index is 400. The Morgan fingerprint density at radius 1 is 0.900 bits per heavy atom. The van der Waals surface area contributed by atoms with Crippen molar-refractivity contribution in [3.63, 3.8) is 0 Å². The van der Waals surface area contributed by atoms with Crippen molar-refractivity contribution in [2.75, 3.05) is 0 Å². The van der Waals surface area contributed by atoms with Crippen molar-refractivity contribution in [2.45, 2.75) is 59.9 Å². The largest absolute Gasteiger partial charge is 0.538 e. The average molecular weight is 301 g/mol. The van der Waals surface area contributed by atoms with Gasteiger partial charge in [0.25, 0.3) is 0 Å². The second kappa shape index (κ2) is 7.41. The van der Waals surface area contributed by atoms with Crippen LogP contribution in [0.15, 0.2) is 18.2 Å². The topological polar surface area (TPSA) is 40.6 Å². The summed E-state index contributed by atoms with van der Waals surface area (Å²) in [7, 11) is 0. The molecule has 1 rings (SSSR count). The first-order valence-corrected chi connectivity index (χ1v) is 7.43. The van der Waals surface area contributed by atoms with Gasteiger partial charge >= 0.3 is 6.75 Å². The summed E-state index contributed by atoms with van der Waals surface area (Å²) in [5.74, 6) is 0. The second-order valence-corrected chi connectivity index (χ2v) is 5.97. The van der Waals surface area contributed by atoms with Gasteiger partial charge in [-0.2, -0.15) is 0 Å². The fraction of sp³-hybridized carbons (Fsp3) is 0.643. The molecule has 0 aromatic carbocycles. The van der Waals surface area contributed by atoms with E-state index in [1.54, 1.807) is 6.07 Å². The molecule has 0 aliphatic heterocycles. The number of hydrogen-bond donors (Lipinski definition) is 0. The van der Waals surface area contributed by atoms with Crippen molar-refractivity contribution in [1.82, 2.24) is 4.98 Å². The molecule has 1 aromatic rings. The highest BCUT2D eigenvalue weighted by Crippen LogP contribution is 2.18. The normalized spacial score (nSPS) is 12.7. The average Bonchev–Trinajstić information content (AvgIpc) is 2.25. The molecule has 0 N–H and O–H groups in total. The lowest BCUT2D eigenvalue weighted by atomic mass is 9.71. The maximum atomic E-state index is 6.00. The SMILES string of the molecule is CC(C)O[B-](OC(C)C)(OC(C)C)c1cccc(Cl)n1. The summed E-state index contributed by atoms with van der Waals surface area (Å²) in [6, 6.07) is 5.35. The van der Waals surface area contributed by atoms with Crippen LogP contribution in [0.5, 0.6) is 0 Å². The van der Waals surface area contributed by atoms with Crippen molar-refractivity contribution >= 4 is 23.9 Å². The predicted molar refractivity (Wildman–Crippen MR) is 83.3 cm³/mol. The summed E-state index contributed by atoms with van der Waals surface area (Å²) in [4.78, 5) is 4.32. The van der Waals surface area contributed by atoms with E-state index < -0.39 is 6.75 Å². The van der Waals surface area contributed by atoms with Crippen molar-refractivity contribution in [2.24, 2.45) is 0 Å². The minimum Gasteiger partial charge on any atom is -0.538 e. The number of hydrogen-bond acceptors (Lipinski definition) is 4. The molecule has 1 aromatic heterocycles. The summed E-state index contributed by atoms with van der Waals surface area (Å²) >= 11 is 5.99. The van der Waals surface area contributed by atoms with Gasteiger partial charge in [0.1, 0.15) is 5.15 Å². The zero-order chi connectivity index (χ0) is 15.3. The van der Waals surface area contributed by atoms with Gasteiger partial charge in [0.15, 0.2) is 0 Å². The summed E-state index contributed by atoms with van der Waals surface area (Å²) in [5.41, 5.74) is 0.577. The van der Waals surface area contributed by atoms with Crippen LogP contribution in [0.4, 0.5) is 0 Å². The van der Waals surface area contributed by atoms with Crippen LogP contribution in [0, 0.1) is 0 Å². The van der Waals surface area contributed by atoms with Gasteiger partial charge in [-0.05, 0) is 53.2 Å². The fourth-order valence-corrected chi connectivity index (χ4v) is 2.17. The zero-order valence-corrected chi connectivity index (χ0v) is 13.8. The maximum Gasteiger partial charge on any atom is 0.428 e. The van der Waals surface area contributed by atoms with E-state index in [-0.39, 0.29) is 18.3 Å². The Morgan fingerprint density at radius 3 is 1.70 bits per heavy atom. The highest BCUT2D eigenvalue weighted by molar-refractivity contribution is 6.74. The van der Waals surface area contributed by atoms with Crippen LogP contribution < -0.4 is 5.59 Å². The number of pyridine rings is 1. The van der Waals surface area contributed by atoms with Gasteiger partial charge in [-0.3, -0.25) is 4.98 Å². The third-order valence-corrected chi connectivity index (χ3v) is 2.66. The molecule has 0 unspecified atom stereocenters. The highest BCUT2D eigenvalue weighted by Gasteiger charge is 2.36. The molecule has 0 aliphatic rings. The number of halogens is 1. The third-order valence-electron chi connectivity index (χ3n) is 2.45. The van der Waals surface area contributed by atoms with Crippen molar-refractivity contribution in [3.05, 3.63) is 23.4 Å². The maximum absolute atomic E-state index is 6.00. The van der Waals surface area contributed by atoms with E-state index in [1.807, 2.05) is 53.7 Å². The molecule has 0 fully saturated rings. The molecule has 0 saturated carbocycles. The molecular weight excluding hydrogens is 276 g/mol. The molecule has 0 aliphatic carbocycles. The Hall–Kier alpha value is -0.615. The summed E-state index contributed by atoms with van der Waals surface area (Å²) in [6.45, 7) is 9.50. The molecule has 1 heterocycles. The lowest BCUT2D eigenvalue weighted by molar-refractivity contribution is 0.0146. The first kappa shape index (κ1) is 17.4. The van der Waals surface area contributed by atoms with Gasteiger partial charge in [-0.15, -0.1) is 0 Å². The lowest BCUT2D eigenvalue weighted by Crippen LogP contribution is -2.61. The quantitative estimate of drug-likeness (QED) is 0.573. The van der Waals surface area contributed by atoms with Gasteiger partial charge in [0.05, 0.1) is 0 Å². The number of aromatic nitrogens is 1. The summed E-state index contributed by atoms with van der Waals surface area (Å²) < 4.78 is 18.0. The van der Waals surface area contributed by atoms with Crippen LogP contribution in [-0.4, -0.2) is 30.1 Å². The van der Waals surface area contributed by atoms with E-state index in [0.29, 0.717) is 10.7 Å². The first-order chi connectivity index (χ1) is 9.25. The van der Waals surface area contributed by atoms with Crippen molar-refractivity contribution in [3.8, 4) is 0 Å². The summed E-state index contributed by atoms with van der Waals surface area (Å²) in [6.07, 6.45) is -0.185. The van der Waals surface area contributed by atoms with E-state index in [1.165, 1.54) is 0 Å². The van der Waals surface area contributed by atoms with Gasteiger partial charge < -0.3 is 14.0 Å². The predicted octanol–water partition coefficient (Wildman–Crippen LogP) is 3.16. The second-order valence-electron chi connectivity index (χ2n) is 5.58. The van der Waals surface area contributed by atoms with E-state index in [9.17, 15) is 0 Å². The zero-order valence-electron chi connectivity index (χ0n) is 13.1. The van der Waals surface area contributed by atoms with E-state index in [4.69, 9.17) is 25.6 Å². The molecule has 0 radical (unpaired) electrons. The molecule has 0 saturated heterocycles. The van der Waals surface area contributed by atoms with Crippen LogP contribution in [0.1, 0.15) is 41.5 Å². The Kier molecular flexibility index (Phi) is 6.46. The lowest BCUT2D eigenvalue weighted by Gasteiger charge is -2.45. The highest BCUT2D eigenvalue weighted by atomic mass is 35.5. The molecule has 0 amide bonds.